The number of benzene rings is 2. The summed E-state index contributed by atoms with van der Waals surface area (Å²) < 4.78 is 5.94. The first-order chi connectivity index (χ1) is 19.7. The second kappa shape index (κ2) is 18.9. The molecule has 6 heteroatoms. The predicted octanol–water partition coefficient (Wildman–Crippen LogP) is 10.4. The zero-order valence-corrected chi connectivity index (χ0v) is 24.4. The fraction of sp³-hybridized carbons (Fsp3) is 0.529. The Morgan fingerprint density at radius 2 is 1.05 bits per heavy atom. The summed E-state index contributed by atoms with van der Waals surface area (Å²) in [5, 5.41) is 10.8. The summed E-state index contributed by atoms with van der Waals surface area (Å²) in [5.41, 5.74) is 2.73. The predicted molar refractivity (Wildman–Crippen MR) is 165 cm³/mol. The molecule has 0 amide bonds. The average Bonchev–Trinajstić information content (AvgIpc) is 2.99. The molecule has 40 heavy (non-hydrogen) atoms. The van der Waals surface area contributed by atoms with Gasteiger partial charge in [0.25, 0.3) is 5.69 Å². The van der Waals surface area contributed by atoms with Gasteiger partial charge in [0.2, 0.25) is 0 Å². The van der Waals surface area contributed by atoms with Crippen LogP contribution in [0, 0.1) is 10.1 Å². The Balaban J connectivity index is 1.21. The van der Waals surface area contributed by atoms with E-state index in [9.17, 15) is 10.1 Å². The molecule has 3 rings (SSSR count). The maximum absolute atomic E-state index is 10.8. The highest BCUT2D eigenvalue weighted by molar-refractivity contribution is 5.64. The number of nitro groups is 1. The van der Waals surface area contributed by atoms with Gasteiger partial charge in [-0.1, -0.05) is 115 Å². The Morgan fingerprint density at radius 1 is 0.600 bits per heavy atom. The smallest absolute Gasteiger partial charge is 0.269 e. The Morgan fingerprint density at radius 3 is 1.52 bits per heavy atom. The van der Waals surface area contributed by atoms with Gasteiger partial charge >= 0.3 is 0 Å². The van der Waals surface area contributed by atoms with Gasteiger partial charge in [-0.25, -0.2) is 9.97 Å². The molecule has 6 nitrogen and oxygen atoms in total. The molecule has 0 fully saturated rings. The van der Waals surface area contributed by atoms with Crippen LogP contribution in [0.5, 0.6) is 5.75 Å². The quantitative estimate of drug-likeness (QED) is 0.0755. The van der Waals surface area contributed by atoms with Crippen molar-refractivity contribution in [2.45, 2.75) is 110 Å². The lowest BCUT2D eigenvalue weighted by atomic mass is 10.0. The van der Waals surface area contributed by atoms with Crippen LogP contribution < -0.4 is 4.74 Å². The minimum Gasteiger partial charge on any atom is -0.494 e. The van der Waals surface area contributed by atoms with Gasteiger partial charge in [0.05, 0.1) is 11.5 Å². The highest BCUT2D eigenvalue weighted by atomic mass is 16.6. The monoisotopic (exact) mass is 545 g/mol. The zero-order valence-electron chi connectivity index (χ0n) is 24.4. The minimum atomic E-state index is -0.415. The van der Waals surface area contributed by atoms with Gasteiger partial charge in [-0.3, -0.25) is 10.1 Å². The van der Waals surface area contributed by atoms with Crippen LogP contribution in [-0.2, 0) is 0 Å². The summed E-state index contributed by atoms with van der Waals surface area (Å²) in [5.74, 6) is 1.42. The van der Waals surface area contributed by atoms with E-state index in [0.717, 1.165) is 35.5 Å². The van der Waals surface area contributed by atoms with Gasteiger partial charge in [-0.2, -0.15) is 0 Å². The van der Waals surface area contributed by atoms with E-state index in [1.54, 1.807) is 24.5 Å². The van der Waals surface area contributed by atoms with Crippen LogP contribution >= 0.6 is 0 Å². The summed E-state index contributed by atoms with van der Waals surface area (Å²) in [6.45, 7) is 3.04. The van der Waals surface area contributed by atoms with Gasteiger partial charge in [-0.15, -0.1) is 0 Å². The van der Waals surface area contributed by atoms with Crippen LogP contribution in [0.4, 0.5) is 5.69 Å². The van der Waals surface area contributed by atoms with Gasteiger partial charge in [0.15, 0.2) is 5.82 Å². The number of nitro benzene ring substituents is 1. The van der Waals surface area contributed by atoms with Crippen LogP contribution in [0.3, 0.4) is 0 Å². The second-order valence-electron chi connectivity index (χ2n) is 10.8. The maximum Gasteiger partial charge on any atom is 0.269 e. The molecule has 3 aromatic rings. The van der Waals surface area contributed by atoms with E-state index >= 15 is 0 Å². The summed E-state index contributed by atoms with van der Waals surface area (Å²) in [7, 11) is 0. The number of non-ortho nitro benzene ring substituents is 1. The van der Waals surface area contributed by atoms with Crippen LogP contribution in [0.2, 0.25) is 0 Å². The molecule has 2 aromatic carbocycles. The van der Waals surface area contributed by atoms with E-state index in [1.165, 1.54) is 108 Å². The molecule has 0 N–H and O–H groups in total. The molecule has 0 saturated carbocycles. The maximum atomic E-state index is 10.8. The van der Waals surface area contributed by atoms with E-state index in [0.29, 0.717) is 5.82 Å². The van der Waals surface area contributed by atoms with Crippen molar-refractivity contribution in [3.63, 3.8) is 0 Å². The third-order valence-electron chi connectivity index (χ3n) is 7.44. The van der Waals surface area contributed by atoms with Crippen LogP contribution in [0.15, 0.2) is 60.9 Å². The third-order valence-corrected chi connectivity index (χ3v) is 7.44. The van der Waals surface area contributed by atoms with Crippen molar-refractivity contribution in [1.29, 1.82) is 0 Å². The Labute approximate surface area is 240 Å². The normalized spacial score (nSPS) is 11.0. The zero-order chi connectivity index (χ0) is 28.3. The van der Waals surface area contributed by atoms with Crippen LogP contribution in [0.1, 0.15) is 110 Å². The molecule has 0 aliphatic heterocycles. The Kier molecular flexibility index (Phi) is 14.8. The van der Waals surface area contributed by atoms with Gasteiger partial charge in [0, 0.05) is 35.7 Å². The Hall–Kier alpha value is -3.28. The van der Waals surface area contributed by atoms with Crippen LogP contribution in [-0.4, -0.2) is 21.5 Å². The summed E-state index contributed by atoms with van der Waals surface area (Å²) in [6, 6.07) is 14.3. The molecule has 0 saturated heterocycles. The summed E-state index contributed by atoms with van der Waals surface area (Å²) in [6.07, 6.45) is 25.5. The molecule has 216 valence electrons. The van der Waals surface area contributed by atoms with Crippen LogP contribution in [0.25, 0.3) is 22.5 Å². The number of aromatic nitrogens is 2. The second-order valence-corrected chi connectivity index (χ2v) is 10.8. The average molecular weight is 546 g/mol. The van der Waals surface area contributed by atoms with Crippen molar-refractivity contribution in [3.05, 3.63) is 71.0 Å². The number of rotatable bonds is 21. The fourth-order valence-corrected chi connectivity index (χ4v) is 4.94. The lowest BCUT2D eigenvalue weighted by Gasteiger charge is -2.08. The Bertz CT molecular complexity index is 1080. The van der Waals surface area contributed by atoms with Crippen molar-refractivity contribution in [2.24, 2.45) is 0 Å². The van der Waals surface area contributed by atoms with Gasteiger partial charge in [0.1, 0.15) is 5.75 Å². The standard InChI is InChI=1S/C34H47N3O3/c1-2-3-4-5-6-7-8-9-10-11-12-13-14-15-16-17-26-40-33-24-20-29(21-25-33)31-27-35-34(36-28-31)30-18-22-32(23-19-30)37(38)39/h18-25,27-28H,2-17,26H2,1H3. The molecule has 0 radical (unpaired) electrons. The number of unbranched alkanes of at least 4 members (excludes halogenated alkanes) is 15. The number of ether oxygens (including phenoxy) is 1. The molecule has 0 aliphatic carbocycles. The van der Waals surface area contributed by atoms with E-state index in [-0.39, 0.29) is 5.69 Å². The fourth-order valence-electron chi connectivity index (χ4n) is 4.94. The third kappa shape index (κ3) is 11.8. The summed E-state index contributed by atoms with van der Waals surface area (Å²) >= 11 is 0. The summed E-state index contributed by atoms with van der Waals surface area (Å²) in [4.78, 5) is 19.3. The minimum absolute atomic E-state index is 0.0532. The highest BCUT2D eigenvalue weighted by Gasteiger charge is 2.08. The van der Waals surface area contributed by atoms with E-state index in [1.807, 2.05) is 24.3 Å². The highest BCUT2D eigenvalue weighted by Crippen LogP contribution is 2.24. The van der Waals surface area contributed by atoms with E-state index in [2.05, 4.69) is 16.9 Å². The van der Waals surface area contributed by atoms with Crippen molar-refractivity contribution >= 4 is 5.69 Å². The molecule has 1 aromatic heterocycles. The van der Waals surface area contributed by atoms with E-state index in [4.69, 9.17) is 4.74 Å². The molecule has 0 atom stereocenters. The lowest BCUT2D eigenvalue weighted by molar-refractivity contribution is -0.384. The molecule has 0 spiro atoms. The first-order valence-corrected chi connectivity index (χ1v) is 15.5. The number of hydrogen-bond acceptors (Lipinski definition) is 5. The van der Waals surface area contributed by atoms with Crippen molar-refractivity contribution in [1.82, 2.24) is 9.97 Å². The number of hydrogen-bond donors (Lipinski definition) is 0. The topological polar surface area (TPSA) is 78.2 Å². The van der Waals surface area contributed by atoms with Crippen molar-refractivity contribution < 1.29 is 9.66 Å². The first kappa shape index (κ1) is 31.3. The van der Waals surface area contributed by atoms with Crippen molar-refractivity contribution in [3.8, 4) is 28.3 Å². The molecule has 0 unspecified atom stereocenters. The lowest BCUT2D eigenvalue weighted by Crippen LogP contribution is -1.97. The largest absolute Gasteiger partial charge is 0.494 e. The molecular weight excluding hydrogens is 498 g/mol. The van der Waals surface area contributed by atoms with E-state index < -0.39 is 4.92 Å². The molecule has 0 bridgehead atoms. The first-order valence-electron chi connectivity index (χ1n) is 15.5. The van der Waals surface area contributed by atoms with Crippen molar-refractivity contribution in [2.75, 3.05) is 6.61 Å². The van der Waals surface area contributed by atoms with Gasteiger partial charge < -0.3 is 4.74 Å². The molecular formula is C34H47N3O3. The van der Waals surface area contributed by atoms with Gasteiger partial charge in [-0.05, 0) is 36.2 Å². The number of nitrogens with zero attached hydrogens (tertiary/aromatic N) is 3. The SMILES string of the molecule is CCCCCCCCCCCCCCCCCCOc1ccc(-c2cnc(-c3ccc([N+](=O)[O-])cc3)nc2)cc1. The molecule has 0 aliphatic rings. The molecule has 1 heterocycles.